The van der Waals surface area contributed by atoms with Crippen molar-refractivity contribution in [2.75, 3.05) is 23.8 Å². The Hall–Kier alpha value is -3.89. The molecule has 0 radical (unpaired) electrons. The van der Waals surface area contributed by atoms with Crippen LogP contribution in [-0.4, -0.2) is 67.1 Å². The summed E-state index contributed by atoms with van der Waals surface area (Å²) in [5.41, 5.74) is -1.33. The Morgan fingerprint density at radius 1 is 0.600 bits per heavy atom. The Morgan fingerprint density at radius 3 is 1.31 bits per heavy atom. The molecule has 258 valence electrons. The molecule has 0 atom stereocenters. The van der Waals surface area contributed by atoms with Gasteiger partial charge in [-0.15, -0.1) is 0 Å². The van der Waals surface area contributed by atoms with Crippen molar-refractivity contribution in [2.24, 2.45) is 0 Å². The largest absolute Gasteiger partial charge is 0.460 e. The molecule has 45 heavy (non-hydrogen) atoms. The van der Waals surface area contributed by atoms with Gasteiger partial charge in [0.25, 0.3) is 0 Å². The topological polar surface area (TPSA) is 85.9 Å². The quantitative estimate of drug-likeness (QED) is 0.169. The van der Waals surface area contributed by atoms with Crippen molar-refractivity contribution >= 4 is 23.6 Å². The standard InChI is InChI=1S/C21H15F17N2O5/c1-3-43-13(41)39-8-5-9(40-14(42)44-4-2)7-10(6-8)45-12(23)11(22)15(24,25)16(26,27)17(28,29)18(30,31)19(32,33)20(34,35)21(36,37)38/h5-7H,3-4H2,1-2H3,(H,39,41)(H,40,42). The number of benzene rings is 1. The fourth-order valence-electron chi connectivity index (χ4n) is 2.75. The van der Waals surface area contributed by atoms with E-state index < -0.39 is 82.9 Å². The Bertz CT molecular complexity index is 1240. The number of carbonyl (C=O) groups excluding carboxylic acids is 2. The van der Waals surface area contributed by atoms with E-state index in [2.05, 4.69) is 14.2 Å². The fraction of sp³-hybridized carbons (Fsp3) is 0.524. The monoisotopic (exact) mass is 698 g/mol. The van der Waals surface area contributed by atoms with Crippen LogP contribution in [-0.2, 0) is 9.47 Å². The van der Waals surface area contributed by atoms with E-state index in [1.807, 2.05) is 10.6 Å². The van der Waals surface area contributed by atoms with E-state index in [0.29, 0.717) is 12.1 Å². The van der Waals surface area contributed by atoms with Gasteiger partial charge in [0.05, 0.1) is 13.2 Å². The lowest BCUT2D eigenvalue weighted by atomic mass is 9.91. The second-order valence-corrected chi connectivity index (χ2v) is 8.07. The highest BCUT2D eigenvalue weighted by atomic mass is 19.4. The van der Waals surface area contributed by atoms with Crippen LogP contribution in [0.4, 0.5) is 95.6 Å². The molecule has 2 amide bonds. The normalized spacial score (nSPS) is 14.4. The van der Waals surface area contributed by atoms with Crippen molar-refractivity contribution in [2.45, 2.75) is 55.6 Å². The summed E-state index contributed by atoms with van der Waals surface area (Å²) < 4.78 is 241. The zero-order chi connectivity index (χ0) is 35.6. The van der Waals surface area contributed by atoms with E-state index in [1.54, 1.807) is 0 Å². The maximum Gasteiger partial charge on any atom is 0.460 e. The van der Waals surface area contributed by atoms with Gasteiger partial charge in [0, 0.05) is 23.5 Å². The van der Waals surface area contributed by atoms with E-state index in [4.69, 9.17) is 0 Å². The molecule has 0 aliphatic rings. The second-order valence-electron chi connectivity index (χ2n) is 8.07. The molecule has 0 spiro atoms. The third kappa shape index (κ3) is 7.17. The van der Waals surface area contributed by atoms with Crippen molar-refractivity contribution in [1.29, 1.82) is 0 Å². The molecule has 0 aliphatic heterocycles. The van der Waals surface area contributed by atoms with Gasteiger partial charge in [-0.25, -0.2) is 9.59 Å². The number of anilines is 2. The highest BCUT2D eigenvalue weighted by Crippen LogP contribution is 2.63. The summed E-state index contributed by atoms with van der Waals surface area (Å²) in [6, 6.07) is -2.35. The fourth-order valence-corrected chi connectivity index (χ4v) is 2.75. The third-order valence-corrected chi connectivity index (χ3v) is 4.93. The Morgan fingerprint density at radius 2 is 0.956 bits per heavy atom. The number of rotatable bonds is 12. The predicted octanol–water partition coefficient (Wildman–Crippen LogP) is 8.68. The van der Waals surface area contributed by atoms with E-state index >= 15 is 0 Å². The highest BCUT2D eigenvalue weighted by molar-refractivity contribution is 5.89. The molecule has 7 nitrogen and oxygen atoms in total. The molecule has 0 saturated heterocycles. The molecular weight excluding hydrogens is 683 g/mol. The summed E-state index contributed by atoms with van der Waals surface area (Å²) in [6.45, 7) is 2.00. The Balaban J connectivity index is 3.66. The molecule has 0 aliphatic carbocycles. The smallest absolute Gasteiger partial charge is 0.450 e. The van der Waals surface area contributed by atoms with Crippen LogP contribution in [0.25, 0.3) is 0 Å². The third-order valence-electron chi connectivity index (χ3n) is 4.93. The predicted molar refractivity (Wildman–Crippen MR) is 113 cm³/mol. The van der Waals surface area contributed by atoms with Gasteiger partial charge in [-0.2, -0.15) is 74.6 Å². The number of hydrogen-bond donors (Lipinski definition) is 2. The van der Waals surface area contributed by atoms with Gasteiger partial charge in [-0.05, 0) is 19.9 Å². The summed E-state index contributed by atoms with van der Waals surface area (Å²) in [4.78, 5) is 23.2. The van der Waals surface area contributed by atoms with Crippen molar-refractivity contribution < 1.29 is 98.4 Å². The van der Waals surface area contributed by atoms with E-state index in [1.165, 1.54) is 13.8 Å². The molecule has 0 unspecified atom stereocenters. The second kappa shape index (κ2) is 12.8. The van der Waals surface area contributed by atoms with Crippen LogP contribution in [0, 0.1) is 0 Å². The summed E-state index contributed by atoms with van der Waals surface area (Å²) >= 11 is 0. The van der Waals surface area contributed by atoms with E-state index in [9.17, 15) is 84.2 Å². The average molecular weight is 698 g/mol. The molecule has 0 heterocycles. The van der Waals surface area contributed by atoms with Gasteiger partial charge in [-0.3, -0.25) is 10.6 Å². The van der Waals surface area contributed by atoms with Gasteiger partial charge >= 0.3 is 59.9 Å². The van der Waals surface area contributed by atoms with Crippen LogP contribution in [0.5, 0.6) is 5.75 Å². The molecule has 0 aromatic heterocycles. The molecule has 2 N–H and O–H groups in total. The number of amides is 2. The lowest BCUT2D eigenvalue weighted by Gasteiger charge is -2.41. The Labute approximate surface area is 238 Å². The van der Waals surface area contributed by atoms with Gasteiger partial charge in [0.2, 0.25) is 5.83 Å². The molecule has 24 heteroatoms. The zero-order valence-corrected chi connectivity index (χ0v) is 21.6. The maximum absolute atomic E-state index is 14.2. The van der Waals surface area contributed by atoms with Crippen LogP contribution in [0.2, 0.25) is 0 Å². The molecule has 1 aromatic carbocycles. The molecule has 0 fully saturated rings. The number of carbonyl (C=O) groups is 2. The summed E-state index contributed by atoms with van der Waals surface area (Å²) in [5, 5.41) is 3.66. The average Bonchev–Trinajstić information content (AvgIpc) is 2.86. The summed E-state index contributed by atoms with van der Waals surface area (Å²) in [5.74, 6) is -56.4. The lowest BCUT2D eigenvalue weighted by molar-refractivity contribution is -0.451. The minimum Gasteiger partial charge on any atom is -0.450 e. The number of halogens is 17. The molecule has 0 bridgehead atoms. The van der Waals surface area contributed by atoms with Gasteiger partial charge in [0.1, 0.15) is 5.75 Å². The summed E-state index contributed by atoms with van der Waals surface area (Å²) in [6.07, 6.45) is -10.5. The first-order valence-corrected chi connectivity index (χ1v) is 11.2. The van der Waals surface area contributed by atoms with Gasteiger partial charge in [0.15, 0.2) is 0 Å². The van der Waals surface area contributed by atoms with E-state index in [0.717, 1.165) is 6.07 Å². The summed E-state index contributed by atoms with van der Waals surface area (Å²) in [7, 11) is 0. The van der Waals surface area contributed by atoms with Gasteiger partial charge in [-0.1, -0.05) is 0 Å². The van der Waals surface area contributed by atoms with Crippen molar-refractivity contribution in [3.05, 3.63) is 30.0 Å². The first kappa shape index (κ1) is 39.1. The van der Waals surface area contributed by atoms with Gasteiger partial charge < -0.3 is 14.2 Å². The minimum atomic E-state index is -8.73. The Kier molecular flexibility index (Phi) is 11.2. The SMILES string of the molecule is CCOC(=O)Nc1cc(NC(=O)OCC)cc(OC(F)=C(F)C(F)(F)C(F)(F)C(F)(F)C(F)(F)C(F)(F)C(F)(F)C(F)(F)F)c1. The van der Waals surface area contributed by atoms with Crippen molar-refractivity contribution in [1.82, 2.24) is 0 Å². The highest BCUT2D eigenvalue weighted by Gasteiger charge is 2.93. The maximum atomic E-state index is 14.2. The molecule has 0 saturated carbocycles. The number of hydrogen-bond acceptors (Lipinski definition) is 5. The first-order valence-electron chi connectivity index (χ1n) is 11.2. The molecular formula is C21H15F17N2O5. The van der Waals surface area contributed by atoms with E-state index in [-0.39, 0.29) is 13.2 Å². The van der Waals surface area contributed by atoms with Crippen molar-refractivity contribution in [3.8, 4) is 5.75 Å². The lowest BCUT2D eigenvalue weighted by Crippen LogP contribution is -2.72. The van der Waals surface area contributed by atoms with Crippen LogP contribution in [0.3, 0.4) is 0 Å². The number of nitrogens with one attached hydrogen (secondary N) is 2. The van der Waals surface area contributed by atoms with Crippen molar-refractivity contribution in [3.63, 3.8) is 0 Å². The first-order chi connectivity index (χ1) is 20.1. The molecule has 1 aromatic rings. The van der Waals surface area contributed by atoms with Crippen LogP contribution >= 0.6 is 0 Å². The van der Waals surface area contributed by atoms with Crippen LogP contribution in [0.15, 0.2) is 30.0 Å². The van der Waals surface area contributed by atoms with Crippen LogP contribution < -0.4 is 15.4 Å². The number of allylic oxidation sites excluding steroid dienone is 1. The zero-order valence-electron chi connectivity index (χ0n) is 21.6. The number of ether oxygens (including phenoxy) is 3. The minimum absolute atomic E-state index is 0.286. The van der Waals surface area contributed by atoms with Crippen LogP contribution in [0.1, 0.15) is 13.8 Å². The molecule has 1 rings (SSSR count). The number of alkyl halides is 15.